The molecule has 0 radical (unpaired) electrons. The number of hydrogen-bond acceptors (Lipinski definition) is 4. The van der Waals surface area contributed by atoms with E-state index in [0.29, 0.717) is 28.7 Å². The fourth-order valence-electron chi connectivity index (χ4n) is 3.31. The van der Waals surface area contributed by atoms with Crippen LogP contribution < -0.4 is 15.4 Å². The fraction of sp³-hybridized carbons (Fsp3) is 0.182. The second-order valence-corrected chi connectivity index (χ2v) is 7.80. The number of rotatable bonds is 4. The zero-order valence-corrected chi connectivity index (χ0v) is 16.8. The Morgan fingerprint density at radius 3 is 2.62 bits per heavy atom. The van der Waals surface area contributed by atoms with E-state index in [1.54, 1.807) is 19.2 Å². The Balaban J connectivity index is 1.40. The van der Waals surface area contributed by atoms with Crippen LogP contribution in [-0.4, -0.2) is 30.5 Å². The minimum atomic E-state index is -0.337. The number of amides is 3. The van der Waals surface area contributed by atoms with Crippen molar-refractivity contribution in [3.8, 4) is 5.75 Å². The van der Waals surface area contributed by atoms with Crippen LogP contribution in [0.15, 0.2) is 60.7 Å². The number of methoxy groups -OCH3 is 1. The number of anilines is 2. The maximum absolute atomic E-state index is 12.9. The summed E-state index contributed by atoms with van der Waals surface area (Å²) < 4.78 is 5.30. The van der Waals surface area contributed by atoms with Crippen molar-refractivity contribution >= 4 is 34.0 Å². The molecular formula is C22H21N3O3S. The van der Waals surface area contributed by atoms with Gasteiger partial charge in [-0.3, -0.25) is 10.1 Å². The van der Waals surface area contributed by atoms with E-state index < -0.39 is 0 Å². The normalized spacial score (nSPS) is 12.8. The average Bonchev–Trinajstić information content (AvgIpc) is 3.21. The standard InChI is InChI=1S/C22H21N3O3S/c1-28-18-8-7-15-11-12-25(14-16(15)13-18)21(26)19-9-10-20(29-19)24-22(27)23-17-5-3-2-4-6-17/h2-10,13H,11-12,14H2,1H3,(H2,23,24,27). The van der Waals surface area contributed by atoms with Gasteiger partial charge in [-0.2, -0.15) is 0 Å². The monoisotopic (exact) mass is 407 g/mol. The first-order valence-corrected chi connectivity index (χ1v) is 10.1. The van der Waals surface area contributed by atoms with Crippen LogP contribution in [0, 0.1) is 0 Å². The van der Waals surface area contributed by atoms with Gasteiger partial charge in [-0.1, -0.05) is 24.3 Å². The maximum atomic E-state index is 12.9. The van der Waals surface area contributed by atoms with Gasteiger partial charge in [0.15, 0.2) is 0 Å². The van der Waals surface area contributed by atoms with Gasteiger partial charge in [0, 0.05) is 18.8 Å². The number of benzene rings is 2. The molecule has 3 amide bonds. The third-order valence-electron chi connectivity index (χ3n) is 4.80. The Kier molecular flexibility index (Phi) is 5.48. The molecule has 2 heterocycles. The van der Waals surface area contributed by atoms with Gasteiger partial charge in [0.1, 0.15) is 5.75 Å². The Hall–Kier alpha value is -3.32. The Morgan fingerprint density at radius 1 is 1.00 bits per heavy atom. The summed E-state index contributed by atoms with van der Waals surface area (Å²) in [5.74, 6) is 0.769. The molecule has 0 saturated carbocycles. The highest BCUT2D eigenvalue weighted by Gasteiger charge is 2.23. The Labute approximate surface area is 173 Å². The van der Waals surface area contributed by atoms with Crippen LogP contribution >= 0.6 is 11.3 Å². The second kappa shape index (κ2) is 8.36. The van der Waals surface area contributed by atoms with Crippen molar-refractivity contribution in [2.45, 2.75) is 13.0 Å². The lowest BCUT2D eigenvalue weighted by atomic mass is 9.99. The van der Waals surface area contributed by atoms with E-state index in [1.165, 1.54) is 16.9 Å². The molecule has 0 saturated heterocycles. The number of thiophene rings is 1. The van der Waals surface area contributed by atoms with Gasteiger partial charge in [-0.25, -0.2) is 4.79 Å². The van der Waals surface area contributed by atoms with Crippen molar-refractivity contribution in [2.75, 3.05) is 24.3 Å². The molecule has 148 valence electrons. The van der Waals surface area contributed by atoms with E-state index in [2.05, 4.69) is 16.7 Å². The number of nitrogens with zero attached hydrogens (tertiary/aromatic N) is 1. The van der Waals surface area contributed by atoms with Crippen molar-refractivity contribution < 1.29 is 14.3 Å². The van der Waals surface area contributed by atoms with E-state index in [9.17, 15) is 9.59 Å². The number of hydrogen-bond donors (Lipinski definition) is 2. The number of para-hydroxylation sites is 1. The fourth-order valence-corrected chi connectivity index (χ4v) is 4.17. The summed E-state index contributed by atoms with van der Waals surface area (Å²) in [7, 11) is 1.64. The van der Waals surface area contributed by atoms with Gasteiger partial charge in [-0.05, 0) is 53.9 Å². The first kappa shape index (κ1) is 19.0. The summed E-state index contributed by atoms with van der Waals surface area (Å²) in [6.07, 6.45) is 0.820. The number of nitrogens with one attached hydrogen (secondary N) is 2. The lowest BCUT2D eigenvalue weighted by Crippen LogP contribution is -2.35. The van der Waals surface area contributed by atoms with E-state index in [4.69, 9.17) is 4.74 Å². The smallest absolute Gasteiger partial charge is 0.324 e. The van der Waals surface area contributed by atoms with Gasteiger partial charge in [0.25, 0.3) is 5.91 Å². The highest BCUT2D eigenvalue weighted by molar-refractivity contribution is 7.18. The van der Waals surface area contributed by atoms with Crippen LogP contribution in [0.5, 0.6) is 5.75 Å². The van der Waals surface area contributed by atoms with Gasteiger partial charge < -0.3 is 15.0 Å². The van der Waals surface area contributed by atoms with Crippen LogP contribution in [-0.2, 0) is 13.0 Å². The molecule has 1 aliphatic heterocycles. The maximum Gasteiger partial charge on any atom is 0.324 e. The highest BCUT2D eigenvalue weighted by Crippen LogP contribution is 2.28. The molecule has 6 nitrogen and oxygen atoms in total. The molecule has 0 atom stereocenters. The largest absolute Gasteiger partial charge is 0.497 e. The number of carbonyl (C=O) groups excluding carboxylic acids is 2. The average molecular weight is 407 g/mol. The SMILES string of the molecule is COc1ccc2c(c1)CN(C(=O)c1ccc(NC(=O)Nc3ccccc3)s1)CC2. The zero-order chi connectivity index (χ0) is 20.2. The predicted octanol–water partition coefficient (Wildman–Crippen LogP) is 4.60. The molecule has 3 aromatic rings. The van der Waals surface area contributed by atoms with E-state index in [-0.39, 0.29) is 11.9 Å². The van der Waals surface area contributed by atoms with Crippen molar-refractivity contribution in [2.24, 2.45) is 0 Å². The second-order valence-electron chi connectivity index (χ2n) is 6.72. The summed E-state index contributed by atoms with van der Waals surface area (Å²) in [6, 6.07) is 18.4. The molecule has 0 bridgehead atoms. The molecule has 4 rings (SSSR count). The van der Waals surface area contributed by atoms with Crippen molar-refractivity contribution in [1.29, 1.82) is 0 Å². The minimum Gasteiger partial charge on any atom is -0.497 e. The van der Waals surface area contributed by atoms with Crippen LogP contribution in [0.3, 0.4) is 0 Å². The molecule has 0 aliphatic carbocycles. The van der Waals surface area contributed by atoms with Crippen LogP contribution in [0.2, 0.25) is 0 Å². The van der Waals surface area contributed by atoms with E-state index in [1.807, 2.05) is 47.4 Å². The molecule has 2 N–H and O–H groups in total. The summed E-state index contributed by atoms with van der Waals surface area (Å²) in [5.41, 5.74) is 3.07. The van der Waals surface area contributed by atoms with Gasteiger partial charge in [-0.15, -0.1) is 11.3 Å². The third-order valence-corrected chi connectivity index (χ3v) is 5.79. The molecule has 7 heteroatoms. The number of urea groups is 1. The van der Waals surface area contributed by atoms with Gasteiger partial charge >= 0.3 is 6.03 Å². The van der Waals surface area contributed by atoms with Crippen molar-refractivity contribution in [3.63, 3.8) is 0 Å². The van der Waals surface area contributed by atoms with E-state index in [0.717, 1.165) is 17.7 Å². The third kappa shape index (κ3) is 4.41. The molecule has 0 fully saturated rings. The van der Waals surface area contributed by atoms with Crippen molar-refractivity contribution in [1.82, 2.24) is 4.90 Å². The minimum absolute atomic E-state index is 0.0278. The summed E-state index contributed by atoms with van der Waals surface area (Å²) in [5, 5.41) is 6.17. The molecule has 0 unspecified atom stereocenters. The summed E-state index contributed by atoms with van der Waals surface area (Å²) in [6.45, 7) is 1.23. The molecule has 29 heavy (non-hydrogen) atoms. The Bertz CT molecular complexity index is 1030. The molecule has 0 spiro atoms. The summed E-state index contributed by atoms with van der Waals surface area (Å²) >= 11 is 1.27. The zero-order valence-electron chi connectivity index (χ0n) is 16.0. The molecule has 1 aromatic heterocycles. The number of ether oxygens (including phenoxy) is 1. The number of carbonyl (C=O) groups is 2. The van der Waals surface area contributed by atoms with Crippen molar-refractivity contribution in [3.05, 3.63) is 76.7 Å². The van der Waals surface area contributed by atoms with Crippen LogP contribution in [0.4, 0.5) is 15.5 Å². The Morgan fingerprint density at radius 2 is 1.83 bits per heavy atom. The summed E-state index contributed by atoms with van der Waals surface area (Å²) in [4.78, 5) is 27.5. The lowest BCUT2D eigenvalue weighted by Gasteiger charge is -2.28. The lowest BCUT2D eigenvalue weighted by molar-refractivity contribution is 0.0739. The topological polar surface area (TPSA) is 70.7 Å². The molecule has 1 aliphatic rings. The molecular weight excluding hydrogens is 386 g/mol. The van der Waals surface area contributed by atoms with Gasteiger partial charge in [0.2, 0.25) is 0 Å². The van der Waals surface area contributed by atoms with E-state index >= 15 is 0 Å². The number of fused-ring (bicyclic) bond motifs is 1. The highest BCUT2D eigenvalue weighted by atomic mass is 32.1. The first-order chi connectivity index (χ1) is 14.1. The van der Waals surface area contributed by atoms with Gasteiger partial charge in [0.05, 0.1) is 17.0 Å². The quantitative estimate of drug-likeness (QED) is 0.664. The molecule has 2 aromatic carbocycles. The van der Waals surface area contributed by atoms with Crippen LogP contribution in [0.25, 0.3) is 0 Å². The van der Waals surface area contributed by atoms with Crippen LogP contribution in [0.1, 0.15) is 20.8 Å². The first-order valence-electron chi connectivity index (χ1n) is 9.30. The predicted molar refractivity (Wildman–Crippen MR) is 115 cm³/mol.